The number of benzene rings is 1. The summed E-state index contributed by atoms with van der Waals surface area (Å²) in [5.41, 5.74) is 1.39. The van der Waals surface area contributed by atoms with Gasteiger partial charge in [-0.25, -0.2) is 0 Å². The van der Waals surface area contributed by atoms with Gasteiger partial charge in [0.1, 0.15) is 0 Å². The predicted molar refractivity (Wildman–Crippen MR) is 88.5 cm³/mol. The molecule has 0 fully saturated rings. The minimum Gasteiger partial charge on any atom is -0.423 e. The van der Waals surface area contributed by atoms with E-state index in [1.807, 2.05) is 12.1 Å². The van der Waals surface area contributed by atoms with E-state index in [1.165, 1.54) is 44.9 Å². The lowest BCUT2D eigenvalue weighted by molar-refractivity contribution is 0.117. The van der Waals surface area contributed by atoms with Crippen LogP contribution in [0.15, 0.2) is 24.3 Å². The highest BCUT2D eigenvalue weighted by Crippen LogP contribution is 2.08. The molecular formula is C17H29BO3. The second kappa shape index (κ2) is 11.8. The van der Waals surface area contributed by atoms with Gasteiger partial charge >= 0.3 is 7.12 Å². The van der Waals surface area contributed by atoms with E-state index in [1.54, 1.807) is 12.1 Å². The average Bonchev–Trinajstić information content (AvgIpc) is 2.49. The maximum atomic E-state index is 9.27. The summed E-state index contributed by atoms with van der Waals surface area (Å²) in [6, 6.07) is 7.29. The first-order valence-electron chi connectivity index (χ1n) is 8.27. The van der Waals surface area contributed by atoms with E-state index < -0.39 is 7.12 Å². The number of unbranched alkanes of at least 4 members (excludes halogenated alkanes) is 7. The lowest BCUT2D eigenvalue weighted by Crippen LogP contribution is -2.33. The van der Waals surface area contributed by atoms with Crippen molar-refractivity contribution < 1.29 is 14.8 Å². The quantitative estimate of drug-likeness (QED) is 0.460. The Kier molecular flexibility index (Phi) is 10.2. The summed E-state index contributed by atoms with van der Waals surface area (Å²) in [5.74, 6) is 0. The Morgan fingerprint density at radius 1 is 0.905 bits per heavy atom. The van der Waals surface area contributed by atoms with Crippen LogP contribution in [0.4, 0.5) is 0 Å². The lowest BCUT2D eigenvalue weighted by Gasteiger charge is -2.09. The van der Waals surface area contributed by atoms with Crippen molar-refractivity contribution in [1.29, 1.82) is 0 Å². The molecule has 0 amide bonds. The molecule has 1 rings (SSSR count). The fourth-order valence-electron chi connectivity index (χ4n) is 2.44. The Morgan fingerprint density at radius 3 is 2.19 bits per heavy atom. The number of hydrogen-bond donors (Lipinski definition) is 2. The summed E-state index contributed by atoms with van der Waals surface area (Å²) in [6.45, 7) is 3.43. The molecule has 0 aliphatic rings. The highest BCUT2D eigenvalue weighted by atomic mass is 16.5. The van der Waals surface area contributed by atoms with Crippen molar-refractivity contribution in [2.75, 3.05) is 6.61 Å². The molecule has 1 aromatic rings. The van der Waals surface area contributed by atoms with Crippen LogP contribution in [0.1, 0.15) is 63.9 Å². The van der Waals surface area contributed by atoms with E-state index in [9.17, 15) is 10.0 Å². The Hall–Kier alpha value is -0.835. The second-order valence-corrected chi connectivity index (χ2v) is 5.60. The van der Waals surface area contributed by atoms with Crippen LogP contribution >= 0.6 is 0 Å². The molecule has 0 radical (unpaired) electrons. The fraction of sp³-hybridized carbons (Fsp3) is 0.647. The van der Waals surface area contributed by atoms with Crippen LogP contribution < -0.4 is 5.46 Å². The SMILES string of the molecule is CCCCCCCCCCOCc1ccccc1B(O)O. The van der Waals surface area contributed by atoms with Crippen LogP contribution in [0.25, 0.3) is 0 Å². The molecule has 2 N–H and O–H groups in total. The van der Waals surface area contributed by atoms with Crippen LogP contribution in [0.3, 0.4) is 0 Å². The van der Waals surface area contributed by atoms with E-state index in [-0.39, 0.29) is 0 Å². The summed E-state index contributed by atoms with van der Waals surface area (Å²) in [6.07, 6.45) is 10.3. The Bertz CT molecular complexity index is 369. The molecule has 0 saturated carbocycles. The van der Waals surface area contributed by atoms with Crippen molar-refractivity contribution in [2.24, 2.45) is 0 Å². The van der Waals surface area contributed by atoms with Crippen molar-refractivity contribution >= 4 is 12.6 Å². The molecular weight excluding hydrogens is 263 g/mol. The van der Waals surface area contributed by atoms with E-state index in [0.717, 1.165) is 18.6 Å². The molecule has 0 spiro atoms. The molecule has 0 aromatic heterocycles. The molecule has 0 bridgehead atoms. The van der Waals surface area contributed by atoms with Crippen molar-refractivity contribution in [2.45, 2.75) is 64.9 Å². The van der Waals surface area contributed by atoms with Crippen LogP contribution in [0.2, 0.25) is 0 Å². The normalized spacial score (nSPS) is 10.8. The maximum Gasteiger partial charge on any atom is 0.488 e. The first kappa shape index (κ1) is 18.2. The van der Waals surface area contributed by atoms with Gasteiger partial charge in [-0.15, -0.1) is 0 Å². The van der Waals surface area contributed by atoms with Gasteiger partial charge in [-0.1, -0.05) is 76.1 Å². The summed E-state index contributed by atoms with van der Waals surface area (Å²) in [5, 5.41) is 18.5. The minimum atomic E-state index is -1.42. The predicted octanol–water partition coefficient (Wildman–Crippen LogP) is 3.02. The van der Waals surface area contributed by atoms with Crippen LogP contribution in [0, 0.1) is 0 Å². The largest absolute Gasteiger partial charge is 0.488 e. The molecule has 0 unspecified atom stereocenters. The highest BCUT2D eigenvalue weighted by Gasteiger charge is 2.14. The highest BCUT2D eigenvalue weighted by molar-refractivity contribution is 6.59. The van der Waals surface area contributed by atoms with E-state index in [0.29, 0.717) is 12.1 Å². The molecule has 1 aromatic carbocycles. The van der Waals surface area contributed by atoms with Crippen LogP contribution in [-0.4, -0.2) is 23.8 Å². The molecule has 0 saturated heterocycles. The monoisotopic (exact) mass is 292 g/mol. The van der Waals surface area contributed by atoms with Gasteiger partial charge in [0.25, 0.3) is 0 Å². The summed E-state index contributed by atoms with van der Waals surface area (Å²) in [7, 11) is -1.42. The molecule has 21 heavy (non-hydrogen) atoms. The first-order chi connectivity index (χ1) is 10.3. The Labute approximate surface area is 129 Å². The Balaban J connectivity index is 2.04. The zero-order valence-electron chi connectivity index (χ0n) is 13.3. The van der Waals surface area contributed by atoms with Gasteiger partial charge in [-0.2, -0.15) is 0 Å². The molecule has 0 aliphatic heterocycles. The van der Waals surface area contributed by atoms with Crippen molar-refractivity contribution in [1.82, 2.24) is 0 Å². The van der Waals surface area contributed by atoms with Gasteiger partial charge < -0.3 is 14.8 Å². The smallest absolute Gasteiger partial charge is 0.423 e. The molecule has 3 nitrogen and oxygen atoms in total. The van der Waals surface area contributed by atoms with Gasteiger partial charge in [0.05, 0.1) is 6.61 Å². The lowest BCUT2D eigenvalue weighted by atomic mass is 9.77. The van der Waals surface area contributed by atoms with Crippen LogP contribution in [0.5, 0.6) is 0 Å². The van der Waals surface area contributed by atoms with E-state index in [2.05, 4.69) is 6.92 Å². The number of rotatable bonds is 12. The fourth-order valence-corrected chi connectivity index (χ4v) is 2.44. The third-order valence-corrected chi connectivity index (χ3v) is 3.73. The molecule has 0 aliphatic carbocycles. The van der Waals surface area contributed by atoms with Crippen molar-refractivity contribution in [3.05, 3.63) is 29.8 Å². The number of hydrogen-bond acceptors (Lipinski definition) is 3. The van der Waals surface area contributed by atoms with Gasteiger partial charge in [-0.05, 0) is 17.4 Å². The molecule has 0 heterocycles. The topological polar surface area (TPSA) is 49.7 Å². The first-order valence-corrected chi connectivity index (χ1v) is 8.27. The van der Waals surface area contributed by atoms with Gasteiger partial charge in [0.2, 0.25) is 0 Å². The zero-order chi connectivity index (χ0) is 15.3. The molecule has 0 atom stereocenters. The second-order valence-electron chi connectivity index (χ2n) is 5.60. The van der Waals surface area contributed by atoms with Gasteiger partial charge in [-0.3, -0.25) is 0 Å². The Morgan fingerprint density at radius 2 is 1.52 bits per heavy atom. The minimum absolute atomic E-state index is 0.449. The summed E-state index contributed by atoms with van der Waals surface area (Å²) in [4.78, 5) is 0. The third kappa shape index (κ3) is 8.25. The maximum absolute atomic E-state index is 9.27. The van der Waals surface area contributed by atoms with Crippen molar-refractivity contribution in [3.8, 4) is 0 Å². The van der Waals surface area contributed by atoms with Crippen LogP contribution in [-0.2, 0) is 11.3 Å². The zero-order valence-corrected chi connectivity index (χ0v) is 13.3. The number of ether oxygens (including phenoxy) is 1. The molecule has 4 heteroatoms. The summed E-state index contributed by atoms with van der Waals surface area (Å²) >= 11 is 0. The van der Waals surface area contributed by atoms with Gasteiger partial charge in [0, 0.05) is 6.61 Å². The van der Waals surface area contributed by atoms with E-state index >= 15 is 0 Å². The summed E-state index contributed by atoms with van der Waals surface area (Å²) < 4.78 is 5.63. The molecule has 118 valence electrons. The standard InChI is InChI=1S/C17H29BO3/c1-2-3-4-5-6-7-8-11-14-21-15-16-12-9-10-13-17(16)18(19)20/h9-10,12-13,19-20H,2-8,11,14-15H2,1H3. The van der Waals surface area contributed by atoms with E-state index in [4.69, 9.17) is 4.74 Å². The third-order valence-electron chi connectivity index (χ3n) is 3.73. The van der Waals surface area contributed by atoms with Crippen molar-refractivity contribution in [3.63, 3.8) is 0 Å². The van der Waals surface area contributed by atoms with Gasteiger partial charge in [0.15, 0.2) is 0 Å². The average molecular weight is 292 g/mol.